The van der Waals surface area contributed by atoms with Crippen molar-refractivity contribution in [3.63, 3.8) is 0 Å². The van der Waals surface area contributed by atoms with Crippen molar-refractivity contribution in [3.05, 3.63) is 47.7 Å². The molecule has 0 bridgehead atoms. The van der Waals surface area contributed by atoms with E-state index < -0.39 is 0 Å². The van der Waals surface area contributed by atoms with Crippen LogP contribution in [-0.2, 0) is 17.6 Å². The maximum absolute atomic E-state index is 13.0. The van der Waals surface area contributed by atoms with Crippen molar-refractivity contribution in [2.24, 2.45) is 11.8 Å². The molecule has 0 radical (unpaired) electrons. The van der Waals surface area contributed by atoms with Crippen LogP contribution in [0, 0.1) is 11.8 Å². The number of rotatable bonds is 6. The van der Waals surface area contributed by atoms with Gasteiger partial charge in [0.25, 0.3) is 0 Å². The quantitative estimate of drug-likeness (QED) is 0.420. The number of aryl methyl sites for hydroxylation is 1. The van der Waals surface area contributed by atoms with Crippen molar-refractivity contribution in [1.82, 2.24) is 4.98 Å². The van der Waals surface area contributed by atoms with Crippen LogP contribution < -0.4 is 20.1 Å². The molecule has 0 spiro atoms. The number of methoxy groups -OCH3 is 2. The standard InChI is InChI=1S/C29H35N3O3/c1-18-8-10-19(11-9-18)29(33)31-20-12-14-25-23(16-20)28(22-6-4-5-7-24(22)32-25)30-21-13-15-26(34-2)27(17-21)35-3/h12-19H,4-11H2,1-3H3,(H,30,32)(H,31,33). The van der Waals surface area contributed by atoms with Gasteiger partial charge in [0.1, 0.15) is 0 Å². The Morgan fingerprint density at radius 3 is 2.43 bits per heavy atom. The number of benzene rings is 2. The Kier molecular flexibility index (Phi) is 6.80. The Morgan fingerprint density at radius 2 is 1.66 bits per heavy atom. The maximum Gasteiger partial charge on any atom is 0.227 e. The van der Waals surface area contributed by atoms with Crippen molar-refractivity contribution in [2.45, 2.75) is 58.3 Å². The molecule has 2 N–H and O–H groups in total. The topological polar surface area (TPSA) is 72.5 Å². The number of anilines is 3. The molecule has 1 heterocycles. The molecule has 1 saturated carbocycles. The molecule has 2 aliphatic rings. The molecule has 1 fully saturated rings. The van der Waals surface area contributed by atoms with Gasteiger partial charge in [-0.2, -0.15) is 0 Å². The second-order valence-corrected chi connectivity index (χ2v) is 9.99. The number of carbonyl (C=O) groups is 1. The fourth-order valence-corrected chi connectivity index (χ4v) is 5.47. The summed E-state index contributed by atoms with van der Waals surface area (Å²) in [6, 6.07) is 11.9. The molecule has 0 atom stereocenters. The summed E-state index contributed by atoms with van der Waals surface area (Å²) in [7, 11) is 3.29. The molecule has 1 aromatic heterocycles. The fraction of sp³-hybridized carbons (Fsp3) is 0.448. The van der Waals surface area contributed by atoms with Crippen LogP contribution in [0.3, 0.4) is 0 Å². The molecule has 5 rings (SSSR count). The molecular weight excluding hydrogens is 438 g/mol. The van der Waals surface area contributed by atoms with E-state index in [0.717, 1.165) is 85.2 Å². The van der Waals surface area contributed by atoms with Crippen LogP contribution in [0.4, 0.5) is 17.1 Å². The van der Waals surface area contributed by atoms with Gasteiger partial charge in [-0.05, 0) is 93.2 Å². The van der Waals surface area contributed by atoms with E-state index >= 15 is 0 Å². The van der Waals surface area contributed by atoms with Crippen molar-refractivity contribution in [2.75, 3.05) is 24.9 Å². The highest BCUT2D eigenvalue weighted by atomic mass is 16.5. The minimum atomic E-state index is 0.105. The van der Waals surface area contributed by atoms with E-state index in [1.54, 1.807) is 14.2 Å². The number of fused-ring (bicyclic) bond motifs is 2. The number of carbonyl (C=O) groups excluding carboxylic acids is 1. The van der Waals surface area contributed by atoms with Gasteiger partial charge >= 0.3 is 0 Å². The smallest absolute Gasteiger partial charge is 0.227 e. The number of nitrogens with one attached hydrogen (secondary N) is 2. The normalized spacial score (nSPS) is 19.6. The van der Waals surface area contributed by atoms with Gasteiger partial charge in [0, 0.05) is 34.4 Å². The third-order valence-electron chi connectivity index (χ3n) is 7.57. The molecule has 0 unspecified atom stereocenters. The molecule has 6 heteroatoms. The number of pyridine rings is 1. The summed E-state index contributed by atoms with van der Waals surface area (Å²) in [6.45, 7) is 2.28. The lowest BCUT2D eigenvalue weighted by atomic mass is 9.82. The lowest BCUT2D eigenvalue weighted by Gasteiger charge is -2.25. The number of ether oxygens (including phenoxy) is 2. The second-order valence-electron chi connectivity index (χ2n) is 9.99. The van der Waals surface area contributed by atoms with Crippen LogP contribution in [0.25, 0.3) is 10.9 Å². The molecule has 2 aromatic carbocycles. The van der Waals surface area contributed by atoms with Gasteiger partial charge in [-0.15, -0.1) is 0 Å². The van der Waals surface area contributed by atoms with Gasteiger partial charge < -0.3 is 20.1 Å². The van der Waals surface area contributed by atoms with Crippen molar-refractivity contribution in [3.8, 4) is 11.5 Å². The monoisotopic (exact) mass is 473 g/mol. The molecule has 3 aromatic rings. The van der Waals surface area contributed by atoms with Crippen LogP contribution >= 0.6 is 0 Å². The van der Waals surface area contributed by atoms with Gasteiger partial charge in [0.05, 0.1) is 25.4 Å². The summed E-state index contributed by atoms with van der Waals surface area (Å²) >= 11 is 0. The highest BCUT2D eigenvalue weighted by Crippen LogP contribution is 2.38. The lowest BCUT2D eigenvalue weighted by molar-refractivity contribution is -0.121. The predicted octanol–water partition coefficient (Wildman–Crippen LogP) is 6.64. The van der Waals surface area contributed by atoms with E-state index in [4.69, 9.17) is 14.5 Å². The minimum absolute atomic E-state index is 0.105. The average Bonchev–Trinajstić information content (AvgIpc) is 2.89. The highest BCUT2D eigenvalue weighted by Gasteiger charge is 2.25. The Morgan fingerprint density at radius 1 is 0.914 bits per heavy atom. The molecule has 6 nitrogen and oxygen atoms in total. The molecule has 2 aliphatic carbocycles. The van der Waals surface area contributed by atoms with Crippen LogP contribution in [0.5, 0.6) is 11.5 Å². The Bertz CT molecular complexity index is 1230. The summed E-state index contributed by atoms with van der Waals surface area (Å²) in [4.78, 5) is 18.0. The van der Waals surface area contributed by atoms with E-state index in [9.17, 15) is 4.79 Å². The molecular formula is C29H35N3O3. The molecule has 0 aliphatic heterocycles. The first-order chi connectivity index (χ1) is 17.1. The number of hydrogen-bond acceptors (Lipinski definition) is 5. The number of aromatic nitrogens is 1. The van der Waals surface area contributed by atoms with Gasteiger partial charge in [-0.1, -0.05) is 6.92 Å². The first-order valence-electron chi connectivity index (χ1n) is 12.8. The first-order valence-corrected chi connectivity index (χ1v) is 12.8. The highest BCUT2D eigenvalue weighted by molar-refractivity contribution is 6.00. The van der Waals surface area contributed by atoms with Crippen molar-refractivity contribution in [1.29, 1.82) is 0 Å². The van der Waals surface area contributed by atoms with Crippen LogP contribution in [-0.4, -0.2) is 25.1 Å². The lowest BCUT2D eigenvalue weighted by Crippen LogP contribution is -2.26. The van der Waals surface area contributed by atoms with Gasteiger partial charge in [-0.3, -0.25) is 9.78 Å². The average molecular weight is 474 g/mol. The molecule has 1 amide bonds. The maximum atomic E-state index is 13.0. The Labute approximate surface area is 207 Å². The van der Waals surface area contributed by atoms with Gasteiger partial charge in [-0.25, -0.2) is 0 Å². The van der Waals surface area contributed by atoms with Crippen LogP contribution in [0.2, 0.25) is 0 Å². The first kappa shape index (κ1) is 23.5. The zero-order chi connectivity index (χ0) is 24.4. The minimum Gasteiger partial charge on any atom is -0.493 e. The summed E-state index contributed by atoms with van der Waals surface area (Å²) in [6.07, 6.45) is 8.50. The predicted molar refractivity (Wildman–Crippen MR) is 141 cm³/mol. The summed E-state index contributed by atoms with van der Waals surface area (Å²) < 4.78 is 10.9. The molecule has 184 valence electrons. The van der Waals surface area contributed by atoms with Crippen molar-refractivity contribution >= 4 is 33.9 Å². The van der Waals surface area contributed by atoms with E-state index in [-0.39, 0.29) is 11.8 Å². The zero-order valence-corrected chi connectivity index (χ0v) is 20.9. The van der Waals surface area contributed by atoms with E-state index in [1.807, 2.05) is 30.3 Å². The van der Waals surface area contributed by atoms with Gasteiger partial charge in [0.15, 0.2) is 11.5 Å². The number of amides is 1. The van der Waals surface area contributed by atoms with E-state index in [2.05, 4.69) is 23.6 Å². The second kappa shape index (κ2) is 10.1. The SMILES string of the molecule is COc1ccc(Nc2c3c(nc4ccc(NC(=O)C5CCC(C)CC5)cc24)CCCC3)cc1OC. The largest absolute Gasteiger partial charge is 0.493 e. The Hall–Kier alpha value is -3.28. The summed E-state index contributed by atoms with van der Waals surface area (Å²) in [5.74, 6) is 2.34. The Balaban J connectivity index is 1.50. The van der Waals surface area contributed by atoms with Crippen LogP contribution in [0.1, 0.15) is 56.7 Å². The van der Waals surface area contributed by atoms with Gasteiger partial charge in [0.2, 0.25) is 5.91 Å². The summed E-state index contributed by atoms with van der Waals surface area (Å²) in [5, 5.41) is 7.88. The third kappa shape index (κ3) is 4.93. The number of nitrogens with zero attached hydrogens (tertiary/aromatic N) is 1. The fourth-order valence-electron chi connectivity index (χ4n) is 5.47. The van der Waals surface area contributed by atoms with Crippen LogP contribution in [0.15, 0.2) is 36.4 Å². The summed E-state index contributed by atoms with van der Waals surface area (Å²) in [5.41, 5.74) is 6.20. The molecule has 35 heavy (non-hydrogen) atoms. The van der Waals surface area contributed by atoms with E-state index in [1.165, 1.54) is 11.3 Å². The third-order valence-corrected chi connectivity index (χ3v) is 7.57. The molecule has 0 saturated heterocycles. The van der Waals surface area contributed by atoms with E-state index in [0.29, 0.717) is 11.5 Å². The zero-order valence-electron chi connectivity index (χ0n) is 20.9. The number of hydrogen-bond donors (Lipinski definition) is 2. The van der Waals surface area contributed by atoms with Crippen molar-refractivity contribution < 1.29 is 14.3 Å².